The number of hydrogen-bond donors (Lipinski definition) is 2. The van der Waals surface area contributed by atoms with Gasteiger partial charge in [-0.2, -0.15) is 5.10 Å². The van der Waals surface area contributed by atoms with Gasteiger partial charge in [0, 0.05) is 16.2 Å². The molecule has 0 aromatic heterocycles. The van der Waals surface area contributed by atoms with Crippen molar-refractivity contribution in [3.8, 4) is 0 Å². The smallest absolute Gasteiger partial charge is 0.187 e. The van der Waals surface area contributed by atoms with E-state index in [4.69, 9.17) is 12.2 Å². The standard InChI is InChI=1S/C15H19IN4S/c16-13-3-1-11(2-4-13)9-17-19-15(21)18-14-10-20-7-5-12(14)6-8-20/h1-4,9,12,14H,5-8,10H2,(H2,18,19,21). The Morgan fingerprint density at radius 3 is 2.62 bits per heavy atom. The fourth-order valence-electron chi connectivity index (χ4n) is 3.04. The van der Waals surface area contributed by atoms with Crippen molar-refractivity contribution in [3.63, 3.8) is 0 Å². The first-order valence-corrected chi connectivity index (χ1v) is 8.77. The topological polar surface area (TPSA) is 39.7 Å². The molecular weight excluding hydrogens is 395 g/mol. The van der Waals surface area contributed by atoms with Crippen LogP contribution in [0.3, 0.4) is 0 Å². The van der Waals surface area contributed by atoms with E-state index in [9.17, 15) is 0 Å². The molecule has 3 fully saturated rings. The van der Waals surface area contributed by atoms with Crippen LogP contribution in [0.2, 0.25) is 0 Å². The number of piperidine rings is 3. The monoisotopic (exact) mass is 414 g/mol. The van der Waals surface area contributed by atoms with Crippen molar-refractivity contribution in [1.82, 2.24) is 15.6 Å². The highest BCUT2D eigenvalue weighted by Gasteiger charge is 2.34. The average Bonchev–Trinajstić information content (AvgIpc) is 2.50. The Balaban J connectivity index is 1.47. The van der Waals surface area contributed by atoms with E-state index in [0.29, 0.717) is 11.2 Å². The van der Waals surface area contributed by atoms with E-state index < -0.39 is 0 Å². The van der Waals surface area contributed by atoms with Crippen molar-refractivity contribution in [2.75, 3.05) is 19.6 Å². The van der Waals surface area contributed by atoms with Crippen molar-refractivity contribution in [2.24, 2.45) is 11.0 Å². The molecule has 0 aliphatic carbocycles. The van der Waals surface area contributed by atoms with Crippen LogP contribution in [0.1, 0.15) is 18.4 Å². The van der Waals surface area contributed by atoms with Crippen molar-refractivity contribution in [3.05, 3.63) is 33.4 Å². The molecule has 21 heavy (non-hydrogen) atoms. The molecule has 1 aromatic rings. The van der Waals surface area contributed by atoms with E-state index >= 15 is 0 Å². The minimum atomic E-state index is 0.473. The van der Waals surface area contributed by atoms with Gasteiger partial charge in [-0.3, -0.25) is 5.43 Å². The number of fused-ring (bicyclic) bond motifs is 3. The molecule has 0 saturated carbocycles. The summed E-state index contributed by atoms with van der Waals surface area (Å²) < 4.78 is 1.22. The number of nitrogens with one attached hydrogen (secondary N) is 2. The van der Waals surface area contributed by atoms with Crippen LogP contribution >= 0.6 is 34.8 Å². The van der Waals surface area contributed by atoms with Gasteiger partial charge in [-0.05, 0) is 84.4 Å². The largest absolute Gasteiger partial charge is 0.357 e. The third-order valence-electron chi connectivity index (χ3n) is 4.22. The summed E-state index contributed by atoms with van der Waals surface area (Å²) in [5.74, 6) is 0.759. The van der Waals surface area contributed by atoms with E-state index in [-0.39, 0.29) is 0 Å². The number of nitrogens with zero attached hydrogens (tertiary/aromatic N) is 2. The molecule has 0 radical (unpaired) electrons. The SMILES string of the molecule is S=C(NN=Cc1ccc(I)cc1)NC1CN2CCC1CC2. The van der Waals surface area contributed by atoms with Crippen LogP contribution in [0.4, 0.5) is 0 Å². The number of hydrazone groups is 1. The number of thiocarbonyl (C=S) groups is 1. The van der Waals surface area contributed by atoms with Gasteiger partial charge in [-0.1, -0.05) is 12.1 Å². The van der Waals surface area contributed by atoms with Crippen LogP contribution in [0.15, 0.2) is 29.4 Å². The fraction of sp³-hybridized carbons (Fsp3) is 0.467. The molecule has 3 saturated heterocycles. The summed E-state index contributed by atoms with van der Waals surface area (Å²) >= 11 is 7.62. The van der Waals surface area contributed by atoms with Gasteiger partial charge in [0.15, 0.2) is 5.11 Å². The zero-order chi connectivity index (χ0) is 14.7. The lowest BCUT2D eigenvalue weighted by Gasteiger charge is -2.45. The Kier molecular flexibility index (Phi) is 5.07. The summed E-state index contributed by atoms with van der Waals surface area (Å²) in [6, 6.07) is 8.67. The molecule has 0 spiro atoms. The van der Waals surface area contributed by atoms with Crippen LogP contribution in [0.5, 0.6) is 0 Å². The lowest BCUT2D eigenvalue weighted by molar-refractivity contribution is 0.0812. The maximum Gasteiger partial charge on any atom is 0.187 e. The van der Waals surface area contributed by atoms with E-state index in [1.807, 2.05) is 12.1 Å². The predicted molar refractivity (Wildman–Crippen MR) is 98.6 cm³/mol. The summed E-state index contributed by atoms with van der Waals surface area (Å²) in [5.41, 5.74) is 3.99. The minimum absolute atomic E-state index is 0.473. The molecule has 3 aliphatic rings. The molecule has 3 aliphatic heterocycles. The van der Waals surface area contributed by atoms with Crippen molar-refractivity contribution < 1.29 is 0 Å². The summed E-state index contributed by atoms with van der Waals surface area (Å²) in [6.45, 7) is 3.59. The summed E-state index contributed by atoms with van der Waals surface area (Å²) in [7, 11) is 0. The molecule has 1 atom stereocenters. The molecular formula is C15H19IN4S. The summed E-state index contributed by atoms with van der Waals surface area (Å²) in [4.78, 5) is 2.51. The van der Waals surface area contributed by atoms with E-state index in [1.54, 1.807) is 6.21 Å². The van der Waals surface area contributed by atoms with E-state index in [1.165, 1.54) is 29.5 Å². The van der Waals surface area contributed by atoms with Crippen LogP contribution < -0.4 is 10.7 Å². The highest BCUT2D eigenvalue weighted by Crippen LogP contribution is 2.27. The molecule has 2 N–H and O–H groups in total. The second kappa shape index (κ2) is 7.02. The van der Waals surface area contributed by atoms with E-state index in [0.717, 1.165) is 18.0 Å². The van der Waals surface area contributed by atoms with Crippen LogP contribution in [-0.2, 0) is 0 Å². The Morgan fingerprint density at radius 1 is 1.29 bits per heavy atom. The van der Waals surface area contributed by atoms with Gasteiger partial charge in [0.2, 0.25) is 0 Å². The number of rotatable bonds is 3. The molecule has 6 heteroatoms. The first-order valence-electron chi connectivity index (χ1n) is 7.28. The normalized spacial score (nSPS) is 27.8. The lowest BCUT2D eigenvalue weighted by Crippen LogP contribution is -2.58. The van der Waals surface area contributed by atoms with Gasteiger partial charge in [-0.25, -0.2) is 0 Å². The molecule has 0 amide bonds. The van der Waals surface area contributed by atoms with Crippen LogP contribution in [-0.4, -0.2) is 41.9 Å². The van der Waals surface area contributed by atoms with Gasteiger partial charge in [0.25, 0.3) is 0 Å². The molecule has 4 nitrogen and oxygen atoms in total. The van der Waals surface area contributed by atoms with Gasteiger partial charge in [0.1, 0.15) is 0 Å². The molecule has 1 aromatic carbocycles. The first kappa shape index (κ1) is 15.2. The summed E-state index contributed by atoms with van der Waals surface area (Å²) in [5, 5.41) is 8.23. The average molecular weight is 414 g/mol. The van der Waals surface area contributed by atoms with Gasteiger partial charge >= 0.3 is 0 Å². The quantitative estimate of drug-likeness (QED) is 0.344. The second-order valence-corrected chi connectivity index (χ2v) is 7.29. The van der Waals surface area contributed by atoms with Gasteiger partial charge in [0.05, 0.1) is 6.21 Å². The highest BCUT2D eigenvalue weighted by atomic mass is 127. The third-order valence-corrected chi connectivity index (χ3v) is 5.15. The number of benzene rings is 1. The Hall–Kier alpha value is -0.730. The van der Waals surface area contributed by atoms with E-state index in [2.05, 4.69) is 55.5 Å². The number of halogens is 1. The third kappa shape index (κ3) is 4.14. The molecule has 2 bridgehead atoms. The first-order chi connectivity index (χ1) is 10.2. The second-order valence-electron chi connectivity index (χ2n) is 5.64. The van der Waals surface area contributed by atoms with Crippen molar-refractivity contribution in [2.45, 2.75) is 18.9 Å². The summed E-state index contributed by atoms with van der Waals surface area (Å²) in [6.07, 6.45) is 4.36. The lowest BCUT2D eigenvalue weighted by atomic mass is 9.84. The molecule has 4 rings (SSSR count). The number of hydrogen-bond acceptors (Lipinski definition) is 3. The maximum absolute atomic E-state index is 5.33. The minimum Gasteiger partial charge on any atom is -0.357 e. The van der Waals surface area contributed by atoms with Crippen LogP contribution in [0.25, 0.3) is 0 Å². The maximum atomic E-state index is 5.33. The van der Waals surface area contributed by atoms with Crippen molar-refractivity contribution in [1.29, 1.82) is 0 Å². The highest BCUT2D eigenvalue weighted by molar-refractivity contribution is 14.1. The Labute approximate surface area is 144 Å². The molecule has 3 heterocycles. The zero-order valence-electron chi connectivity index (χ0n) is 11.8. The molecule has 1 unspecified atom stereocenters. The van der Waals surface area contributed by atoms with Gasteiger partial charge < -0.3 is 10.2 Å². The Bertz CT molecular complexity index is 523. The fourth-order valence-corrected chi connectivity index (χ4v) is 3.61. The van der Waals surface area contributed by atoms with Crippen molar-refractivity contribution >= 4 is 46.1 Å². The molecule has 112 valence electrons. The zero-order valence-corrected chi connectivity index (χ0v) is 14.7. The Morgan fingerprint density at radius 2 is 2.00 bits per heavy atom. The predicted octanol–water partition coefficient (Wildman–Crippen LogP) is 2.18. The van der Waals surface area contributed by atoms with Gasteiger partial charge in [-0.15, -0.1) is 0 Å². The van der Waals surface area contributed by atoms with Crippen LogP contribution in [0, 0.1) is 9.49 Å².